The van der Waals surface area contributed by atoms with Gasteiger partial charge in [0.1, 0.15) is 17.3 Å². The van der Waals surface area contributed by atoms with Crippen molar-refractivity contribution in [2.75, 3.05) is 5.73 Å². The number of fused-ring (bicyclic) bond motifs is 1. The van der Waals surface area contributed by atoms with Gasteiger partial charge in [-0.05, 0) is 12.1 Å². The molecule has 0 amide bonds. The van der Waals surface area contributed by atoms with Crippen molar-refractivity contribution >= 4 is 16.9 Å². The maximum Gasteiger partial charge on any atom is 0.433 e. The van der Waals surface area contributed by atoms with Crippen LogP contribution in [0.2, 0.25) is 0 Å². The lowest BCUT2D eigenvalue weighted by molar-refractivity contribution is -0.141. The van der Waals surface area contributed by atoms with Gasteiger partial charge in [0.25, 0.3) is 0 Å². The number of rotatable bonds is 1. The lowest BCUT2D eigenvalue weighted by atomic mass is 10.2. The number of nitrogens with zero attached hydrogens (tertiary/aromatic N) is 3. The first-order chi connectivity index (χ1) is 7.91. The zero-order valence-electron chi connectivity index (χ0n) is 8.91. The van der Waals surface area contributed by atoms with Crippen molar-refractivity contribution in [2.45, 2.75) is 19.5 Å². The molecule has 0 atom stereocenters. The van der Waals surface area contributed by atoms with Gasteiger partial charge >= 0.3 is 6.18 Å². The van der Waals surface area contributed by atoms with E-state index in [1.807, 2.05) is 0 Å². The van der Waals surface area contributed by atoms with E-state index in [9.17, 15) is 13.2 Å². The number of hydrogen-bond donors (Lipinski definition) is 1. The van der Waals surface area contributed by atoms with Crippen LogP contribution >= 0.6 is 0 Å². The maximum atomic E-state index is 12.5. The van der Waals surface area contributed by atoms with Crippen LogP contribution in [0.15, 0.2) is 12.1 Å². The average molecular weight is 242 g/mol. The van der Waals surface area contributed by atoms with E-state index in [0.717, 1.165) is 6.07 Å². The first-order valence-electron chi connectivity index (χ1n) is 4.92. The summed E-state index contributed by atoms with van der Waals surface area (Å²) in [6, 6.07) is 2.10. The van der Waals surface area contributed by atoms with Gasteiger partial charge in [0, 0.05) is 6.42 Å². The molecule has 0 aliphatic rings. The fourth-order valence-electron chi connectivity index (χ4n) is 1.40. The van der Waals surface area contributed by atoms with Crippen LogP contribution in [0, 0.1) is 0 Å². The molecule has 0 spiro atoms. The summed E-state index contributed by atoms with van der Waals surface area (Å²) in [7, 11) is 0. The number of anilines is 1. The molecule has 2 aromatic rings. The van der Waals surface area contributed by atoms with Crippen LogP contribution in [0.5, 0.6) is 0 Å². The summed E-state index contributed by atoms with van der Waals surface area (Å²) in [5, 5.41) is 0.329. The van der Waals surface area contributed by atoms with Crippen molar-refractivity contribution in [3.05, 3.63) is 23.7 Å². The Balaban J connectivity index is 2.68. The highest BCUT2D eigenvalue weighted by molar-refractivity contribution is 5.85. The molecule has 2 rings (SSSR count). The van der Waals surface area contributed by atoms with E-state index < -0.39 is 11.9 Å². The highest BCUT2D eigenvalue weighted by Gasteiger charge is 2.32. The molecular formula is C10H9F3N4. The first-order valence-corrected chi connectivity index (χ1v) is 4.92. The van der Waals surface area contributed by atoms with Gasteiger partial charge in [-0.2, -0.15) is 13.2 Å². The minimum absolute atomic E-state index is 0.0239. The van der Waals surface area contributed by atoms with Crippen molar-refractivity contribution in [1.29, 1.82) is 0 Å². The Morgan fingerprint density at radius 1 is 1.18 bits per heavy atom. The molecule has 0 saturated carbocycles. The van der Waals surface area contributed by atoms with Crippen molar-refractivity contribution in [3.63, 3.8) is 0 Å². The van der Waals surface area contributed by atoms with Crippen LogP contribution in [0.1, 0.15) is 18.4 Å². The summed E-state index contributed by atoms with van der Waals surface area (Å²) in [6.45, 7) is 1.79. The van der Waals surface area contributed by atoms with E-state index in [-0.39, 0.29) is 11.5 Å². The second kappa shape index (κ2) is 3.83. The number of aryl methyl sites for hydroxylation is 1. The molecule has 0 unspecified atom stereocenters. The van der Waals surface area contributed by atoms with E-state index in [4.69, 9.17) is 5.73 Å². The molecule has 90 valence electrons. The zero-order valence-corrected chi connectivity index (χ0v) is 8.91. The van der Waals surface area contributed by atoms with Crippen LogP contribution in [-0.2, 0) is 12.6 Å². The minimum atomic E-state index is -4.49. The van der Waals surface area contributed by atoms with Gasteiger partial charge in [-0.1, -0.05) is 6.92 Å². The predicted molar refractivity (Wildman–Crippen MR) is 56.1 cm³/mol. The standard InChI is InChI=1S/C10H9F3N4/c1-2-7-16-8(14)5-3-4-6(10(11,12)13)15-9(5)17-7/h3-4H,2H2,1H3,(H2,14,15,16,17). The SMILES string of the molecule is CCc1nc(N)c2ccc(C(F)(F)F)nc2n1. The number of pyridine rings is 1. The largest absolute Gasteiger partial charge is 0.433 e. The summed E-state index contributed by atoms with van der Waals surface area (Å²) >= 11 is 0. The maximum absolute atomic E-state index is 12.5. The third-order valence-corrected chi connectivity index (χ3v) is 2.24. The zero-order chi connectivity index (χ0) is 12.6. The Morgan fingerprint density at radius 2 is 1.88 bits per heavy atom. The smallest absolute Gasteiger partial charge is 0.383 e. The van der Waals surface area contributed by atoms with Gasteiger partial charge in [-0.3, -0.25) is 0 Å². The molecule has 2 heterocycles. The van der Waals surface area contributed by atoms with Crippen LogP contribution in [-0.4, -0.2) is 15.0 Å². The Labute approximate surface area is 94.7 Å². The molecule has 0 aliphatic heterocycles. The van der Waals surface area contributed by atoms with Gasteiger partial charge in [-0.15, -0.1) is 0 Å². The van der Waals surface area contributed by atoms with Gasteiger partial charge in [-0.25, -0.2) is 15.0 Å². The van der Waals surface area contributed by atoms with E-state index in [2.05, 4.69) is 15.0 Å². The Bertz CT molecular complexity index is 565. The van der Waals surface area contributed by atoms with E-state index >= 15 is 0 Å². The Kier molecular flexibility index (Phi) is 2.60. The summed E-state index contributed by atoms with van der Waals surface area (Å²) in [6.07, 6.45) is -4.00. The lowest BCUT2D eigenvalue weighted by Crippen LogP contribution is -2.09. The van der Waals surface area contributed by atoms with Crippen LogP contribution in [0.3, 0.4) is 0 Å². The molecule has 0 bridgehead atoms. The van der Waals surface area contributed by atoms with Gasteiger partial charge in [0.2, 0.25) is 0 Å². The quantitative estimate of drug-likeness (QED) is 0.832. The fraction of sp³-hybridized carbons (Fsp3) is 0.300. The van der Waals surface area contributed by atoms with Crippen molar-refractivity contribution in [1.82, 2.24) is 15.0 Å². The van der Waals surface area contributed by atoms with Crippen molar-refractivity contribution in [3.8, 4) is 0 Å². The van der Waals surface area contributed by atoms with Gasteiger partial charge < -0.3 is 5.73 Å². The number of nitrogen functional groups attached to an aromatic ring is 1. The molecule has 0 fully saturated rings. The van der Waals surface area contributed by atoms with Crippen LogP contribution in [0.4, 0.5) is 19.0 Å². The number of nitrogens with two attached hydrogens (primary N) is 1. The van der Waals surface area contributed by atoms with Crippen molar-refractivity contribution < 1.29 is 13.2 Å². The number of hydrogen-bond acceptors (Lipinski definition) is 4. The monoisotopic (exact) mass is 242 g/mol. The number of aromatic nitrogens is 3. The van der Waals surface area contributed by atoms with Crippen molar-refractivity contribution in [2.24, 2.45) is 0 Å². The van der Waals surface area contributed by atoms with Crippen LogP contribution in [0.25, 0.3) is 11.0 Å². The van der Waals surface area contributed by atoms with Gasteiger partial charge in [0.05, 0.1) is 5.39 Å². The summed E-state index contributed by atoms with van der Waals surface area (Å²) < 4.78 is 37.4. The Morgan fingerprint density at radius 3 is 2.47 bits per heavy atom. The topological polar surface area (TPSA) is 64.7 Å². The predicted octanol–water partition coefficient (Wildman–Crippen LogP) is 2.19. The third-order valence-electron chi connectivity index (χ3n) is 2.24. The molecule has 4 nitrogen and oxygen atoms in total. The molecule has 2 aromatic heterocycles. The average Bonchev–Trinajstić information content (AvgIpc) is 2.27. The lowest BCUT2D eigenvalue weighted by Gasteiger charge is -2.07. The van der Waals surface area contributed by atoms with E-state index in [1.165, 1.54) is 6.07 Å². The highest BCUT2D eigenvalue weighted by Crippen LogP contribution is 2.29. The number of halogens is 3. The summed E-state index contributed by atoms with van der Waals surface area (Å²) in [5.41, 5.74) is 4.61. The molecule has 0 radical (unpaired) electrons. The van der Waals surface area contributed by atoms with Gasteiger partial charge in [0.15, 0.2) is 5.65 Å². The molecule has 0 aliphatic carbocycles. The third kappa shape index (κ3) is 2.13. The highest BCUT2D eigenvalue weighted by atomic mass is 19.4. The molecule has 17 heavy (non-hydrogen) atoms. The van der Waals surface area contributed by atoms with E-state index in [0.29, 0.717) is 17.6 Å². The molecule has 2 N–H and O–H groups in total. The molecular weight excluding hydrogens is 233 g/mol. The molecule has 0 saturated heterocycles. The summed E-state index contributed by atoms with van der Waals surface area (Å²) in [5.74, 6) is 0.523. The normalized spacial score (nSPS) is 12.0. The fourth-order valence-corrected chi connectivity index (χ4v) is 1.40. The second-order valence-electron chi connectivity index (χ2n) is 3.44. The minimum Gasteiger partial charge on any atom is -0.383 e. The second-order valence-corrected chi connectivity index (χ2v) is 3.44. The Hall–Kier alpha value is -1.92. The molecule has 7 heteroatoms. The first kappa shape index (κ1) is 11.6. The van der Waals surface area contributed by atoms with Crippen LogP contribution < -0.4 is 5.73 Å². The molecule has 0 aromatic carbocycles. The number of alkyl halides is 3. The van der Waals surface area contributed by atoms with E-state index in [1.54, 1.807) is 6.92 Å². The summed E-state index contributed by atoms with van der Waals surface area (Å²) in [4.78, 5) is 11.3.